The first kappa shape index (κ1) is 16.3. The molecule has 0 unspecified atom stereocenters. The Balaban J connectivity index is 2.19. The standard InChI is InChI=1S/C18H18N2O3S/c1-3-22-12-7-5-11-6-8-16(23-4-2)14(13(11)9-12)10-15-17(21)20-18(24)19-15/h5-10H,3-4H2,1-2H3,(H2,19,20,21,24)/b15-10-. The lowest BCUT2D eigenvalue weighted by atomic mass is 10.0. The van der Waals surface area contributed by atoms with E-state index in [4.69, 9.17) is 21.7 Å². The van der Waals surface area contributed by atoms with E-state index in [9.17, 15) is 4.79 Å². The lowest BCUT2D eigenvalue weighted by Gasteiger charge is -2.12. The van der Waals surface area contributed by atoms with Crippen LogP contribution >= 0.6 is 12.2 Å². The maximum Gasteiger partial charge on any atom is 0.273 e. The van der Waals surface area contributed by atoms with Gasteiger partial charge in [-0.15, -0.1) is 0 Å². The molecule has 0 atom stereocenters. The normalized spacial score (nSPS) is 15.5. The van der Waals surface area contributed by atoms with E-state index >= 15 is 0 Å². The van der Waals surface area contributed by atoms with Gasteiger partial charge in [-0.1, -0.05) is 12.1 Å². The number of nitrogens with one attached hydrogen (secondary N) is 2. The molecular weight excluding hydrogens is 324 g/mol. The smallest absolute Gasteiger partial charge is 0.273 e. The summed E-state index contributed by atoms with van der Waals surface area (Å²) in [4.78, 5) is 12.0. The topological polar surface area (TPSA) is 59.6 Å². The number of thiocarbonyl (C=S) groups is 1. The number of fused-ring (bicyclic) bond motifs is 1. The van der Waals surface area contributed by atoms with Gasteiger partial charge in [0.25, 0.3) is 5.91 Å². The minimum Gasteiger partial charge on any atom is -0.494 e. The molecule has 1 aliphatic heterocycles. The van der Waals surface area contributed by atoms with E-state index in [-0.39, 0.29) is 5.91 Å². The fourth-order valence-corrected chi connectivity index (χ4v) is 2.82. The Morgan fingerprint density at radius 1 is 1.08 bits per heavy atom. The molecule has 1 saturated heterocycles. The largest absolute Gasteiger partial charge is 0.494 e. The van der Waals surface area contributed by atoms with Gasteiger partial charge in [-0.3, -0.25) is 10.1 Å². The van der Waals surface area contributed by atoms with E-state index < -0.39 is 0 Å². The second-order valence-corrected chi connectivity index (χ2v) is 5.60. The van der Waals surface area contributed by atoms with Gasteiger partial charge in [0.15, 0.2) is 5.11 Å². The Labute approximate surface area is 145 Å². The second kappa shape index (κ2) is 6.88. The molecule has 0 radical (unpaired) electrons. The van der Waals surface area contributed by atoms with Gasteiger partial charge in [0.2, 0.25) is 0 Å². The van der Waals surface area contributed by atoms with Crippen LogP contribution in [0.25, 0.3) is 16.8 Å². The molecule has 2 aromatic carbocycles. The average Bonchev–Trinajstić information content (AvgIpc) is 2.88. The number of carbonyl (C=O) groups excluding carboxylic acids is 1. The van der Waals surface area contributed by atoms with Crippen LogP contribution < -0.4 is 20.1 Å². The van der Waals surface area contributed by atoms with Crippen LogP contribution in [-0.2, 0) is 4.79 Å². The van der Waals surface area contributed by atoms with Gasteiger partial charge in [-0.05, 0) is 61.1 Å². The molecule has 6 heteroatoms. The van der Waals surface area contributed by atoms with Crippen molar-refractivity contribution in [3.63, 3.8) is 0 Å². The second-order valence-electron chi connectivity index (χ2n) is 5.19. The molecular formula is C18H18N2O3S. The predicted molar refractivity (Wildman–Crippen MR) is 98.1 cm³/mol. The fraction of sp³-hybridized carbons (Fsp3) is 0.222. The van der Waals surface area contributed by atoms with Crippen molar-refractivity contribution in [2.24, 2.45) is 0 Å². The Morgan fingerprint density at radius 3 is 2.50 bits per heavy atom. The van der Waals surface area contributed by atoms with Crippen molar-refractivity contribution in [1.82, 2.24) is 10.6 Å². The van der Waals surface area contributed by atoms with E-state index in [0.717, 1.165) is 22.1 Å². The first-order valence-corrected chi connectivity index (χ1v) is 8.19. The molecule has 124 valence electrons. The minimum absolute atomic E-state index is 0.250. The maximum atomic E-state index is 12.0. The minimum atomic E-state index is -0.250. The van der Waals surface area contributed by atoms with Crippen molar-refractivity contribution < 1.29 is 14.3 Å². The molecule has 5 nitrogen and oxygen atoms in total. The summed E-state index contributed by atoms with van der Waals surface area (Å²) in [5.41, 5.74) is 1.22. The van der Waals surface area contributed by atoms with Crippen LogP contribution in [0.3, 0.4) is 0 Å². The lowest BCUT2D eigenvalue weighted by Crippen LogP contribution is -2.21. The van der Waals surface area contributed by atoms with Gasteiger partial charge in [0.1, 0.15) is 17.2 Å². The molecule has 0 aromatic heterocycles. The van der Waals surface area contributed by atoms with Crippen molar-refractivity contribution in [1.29, 1.82) is 0 Å². The van der Waals surface area contributed by atoms with Crippen molar-refractivity contribution in [2.45, 2.75) is 13.8 Å². The Bertz CT molecular complexity index is 840. The summed E-state index contributed by atoms with van der Waals surface area (Å²) in [6, 6.07) is 9.77. The van der Waals surface area contributed by atoms with Gasteiger partial charge in [-0.2, -0.15) is 0 Å². The number of rotatable bonds is 5. The fourth-order valence-electron chi connectivity index (χ4n) is 2.62. The van der Waals surface area contributed by atoms with E-state index in [1.807, 2.05) is 44.2 Å². The highest BCUT2D eigenvalue weighted by molar-refractivity contribution is 7.80. The molecule has 1 heterocycles. The highest BCUT2D eigenvalue weighted by Crippen LogP contribution is 2.33. The molecule has 2 aromatic rings. The zero-order valence-corrected chi connectivity index (χ0v) is 14.3. The summed E-state index contributed by atoms with van der Waals surface area (Å²) >= 11 is 4.99. The van der Waals surface area contributed by atoms with Crippen molar-refractivity contribution in [2.75, 3.05) is 13.2 Å². The molecule has 2 N–H and O–H groups in total. The van der Waals surface area contributed by atoms with Crippen LogP contribution in [0.4, 0.5) is 0 Å². The molecule has 3 rings (SSSR count). The molecule has 1 aliphatic rings. The molecule has 1 fully saturated rings. The highest BCUT2D eigenvalue weighted by Gasteiger charge is 2.21. The number of carbonyl (C=O) groups is 1. The average molecular weight is 342 g/mol. The number of hydrogen-bond acceptors (Lipinski definition) is 4. The van der Waals surface area contributed by atoms with Crippen molar-refractivity contribution >= 4 is 40.1 Å². The maximum absolute atomic E-state index is 12.0. The summed E-state index contributed by atoms with van der Waals surface area (Å²) in [6.07, 6.45) is 1.76. The summed E-state index contributed by atoms with van der Waals surface area (Å²) in [5, 5.41) is 7.73. The monoisotopic (exact) mass is 342 g/mol. The number of hydrogen-bond donors (Lipinski definition) is 2. The molecule has 1 amide bonds. The van der Waals surface area contributed by atoms with Gasteiger partial charge < -0.3 is 14.8 Å². The van der Waals surface area contributed by atoms with Gasteiger partial charge in [-0.25, -0.2) is 0 Å². The van der Waals surface area contributed by atoms with Crippen LogP contribution in [0.1, 0.15) is 19.4 Å². The zero-order chi connectivity index (χ0) is 17.1. The molecule has 0 aliphatic carbocycles. The number of benzene rings is 2. The molecule has 0 spiro atoms. The Hall–Kier alpha value is -2.60. The van der Waals surface area contributed by atoms with Crippen molar-refractivity contribution in [3.05, 3.63) is 41.6 Å². The third kappa shape index (κ3) is 3.19. The SMILES string of the molecule is CCOc1ccc2ccc(OCC)c(/C=C3\NC(=S)NC3=O)c2c1. The van der Waals surface area contributed by atoms with Crippen LogP contribution in [0, 0.1) is 0 Å². The van der Waals surface area contributed by atoms with Crippen molar-refractivity contribution in [3.8, 4) is 11.5 Å². The third-order valence-electron chi connectivity index (χ3n) is 3.61. The first-order valence-electron chi connectivity index (χ1n) is 7.78. The Morgan fingerprint density at radius 2 is 1.83 bits per heavy atom. The van der Waals surface area contributed by atoms with E-state index in [2.05, 4.69) is 10.6 Å². The van der Waals surface area contributed by atoms with Crippen LogP contribution in [-0.4, -0.2) is 24.2 Å². The quantitative estimate of drug-likeness (QED) is 0.646. The molecule has 0 bridgehead atoms. The van der Waals surface area contributed by atoms with Crippen LogP contribution in [0.15, 0.2) is 36.0 Å². The molecule has 0 saturated carbocycles. The van der Waals surface area contributed by atoms with E-state index in [1.165, 1.54) is 0 Å². The Kier molecular flexibility index (Phi) is 4.66. The van der Waals surface area contributed by atoms with Gasteiger partial charge in [0.05, 0.1) is 13.2 Å². The first-order chi connectivity index (χ1) is 11.6. The number of amides is 1. The van der Waals surface area contributed by atoms with Crippen LogP contribution in [0.2, 0.25) is 0 Å². The highest BCUT2D eigenvalue weighted by atomic mass is 32.1. The number of ether oxygens (including phenoxy) is 2. The van der Waals surface area contributed by atoms with Crippen LogP contribution in [0.5, 0.6) is 11.5 Å². The van der Waals surface area contributed by atoms with Gasteiger partial charge >= 0.3 is 0 Å². The molecule has 24 heavy (non-hydrogen) atoms. The summed E-state index contributed by atoms with van der Waals surface area (Å²) in [6.45, 7) is 4.99. The van der Waals surface area contributed by atoms with Gasteiger partial charge in [0, 0.05) is 5.56 Å². The summed E-state index contributed by atoms with van der Waals surface area (Å²) in [5.74, 6) is 1.23. The predicted octanol–water partition coefficient (Wildman–Crippen LogP) is 2.98. The van der Waals surface area contributed by atoms with E-state index in [0.29, 0.717) is 29.8 Å². The zero-order valence-electron chi connectivity index (χ0n) is 13.5. The summed E-state index contributed by atoms with van der Waals surface area (Å²) in [7, 11) is 0. The summed E-state index contributed by atoms with van der Waals surface area (Å²) < 4.78 is 11.3. The third-order valence-corrected chi connectivity index (χ3v) is 3.82. The lowest BCUT2D eigenvalue weighted by molar-refractivity contribution is -0.115. The van der Waals surface area contributed by atoms with E-state index in [1.54, 1.807) is 6.08 Å².